The normalized spacial score (nSPS) is 15.6. The number of nitrogens with one attached hydrogen (secondary N) is 1. The minimum absolute atomic E-state index is 0.124. The first-order chi connectivity index (χ1) is 15.3. The van der Waals surface area contributed by atoms with Gasteiger partial charge in [0, 0.05) is 5.02 Å². The first-order valence-electron chi connectivity index (χ1n) is 10.6. The third-order valence-corrected chi connectivity index (χ3v) is 7.76. The van der Waals surface area contributed by atoms with Gasteiger partial charge in [-0.2, -0.15) is 0 Å². The van der Waals surface area contributed by atoms with Crippen LogP contribution in [0.3, 0.4) is 0 Å². The maximum atomic E-state index is 13.5. The average molecular weight is 469 g/mol. The number of sulfonamides is 1. The van der Waals surface area contributed by atoms with Crippen LogP contribution in [0.2, 0.25) is 5.02 Å². The standard InChI is InChI=1S/C25H25ClN2O3S/c1-18-9-15-22(16-10-18)32(30,31)28(21-13-11-20(26)12-14-21)17-25(29)27-24-8-4-6-19-5-2-3-7-23(19)24/h2-3,5,7,9-16,24H,4,6,8,17H2,1H3,(H,27,29)/t24-/m0/s1. The molecular formula is C25H25ClN2O3S. The highest BCUT2D eigenvalue weighted by Crippen LogP contribution is 2.30. The molecule has 1 aliphatic carbocycles. The molecule has 1 amide bonds. The summed E-state index contributed by atoms with van der Waals surface area (Å²) in [5, 5.41) is 3.54. The lowest BCUT2D eigenvalue weighted by Gasteiger charge is -2.28. The van der Waals surface area contributed by atoms with E-state index < -0.39 is 10.0 Å². The van der Waals surface area contributed by atoms with Crippen LogP contribution in [-0.4, -0.2) is 20.9 Å². The maximum Gasteiger partial charge on any atom is 0.264 e. The molecule has 0 fully saturated rings. The summed E-state index contributed by atoms with van der Waals surface area (Å²) in [5.74, 6) is -0.350. The van der Waals surface area contributed by atoms with Crippen LogP contribution in [0.5, 0.6) is 0 Å². The fourth-order valence-corrected chi connectivity index (χ4v) is 5.58. The van der Waals surface area contributed by atoms with E-state index in [4.69, 9.17) is 11.6 Å². The highest BCUT2D eigenvalue weighted by Gasteiger charge is 2.29. The molecule has 3 aromatic rings. The Balaban J connectivity index is 1.62. The van der Waals surface area contributed by atoms with Gasteiger partial charge in [0.15, 0.2) is 0 Å². The van der Waals surface area contributed by atoms with E-state index in [-0.39, 0.29) is 23.4 Å². The minimum Gasteiger partial charge on any atom is -0.348 e. The van der Waals surface area contributed by atoms with Crippen molar-refractivity contribution in [3.05, 3.63) is 94.5 Å². The third-order valence-electron chi connectivity index (χ3n) is 5.72. The molecule has 0 radical (unpaired) electrons. The van der Waals surface area contributed by atoms with Crippen LogP contribution >= 0.6 is 11.6 Å². The zero-order valence-electron chi connectivity index (χ0n) is 17.8. The molecule has 0 spiro atoms. The van der Waals surface area contributed by atoms with E-state index in [1.165, 1.54) is 5.56 Å². The number of hydrogen-bond acceptors (Lipinski definition) is 3. The number of carbonyl (C=O) groups excluding carboxylic acids is 1. The Morgan fingerprint density at radius 2 is 1.72 bits per heavy atom. The van der Waals surface area contributed by atoms with Gasteiger partial charge >= 0.3 is 0 Å². The number of anilines is 1. The van der Waals surface area contributed by atoms with Gasteiger partial charge in [-0.1, -0.05) is 53.6 Å². The zero-order valence-corrected chi connectivity index (χ0v) is 19.4. The van der Waals surface area contributed by atoms with Crippen LogP contribution in [0.4, 0.5) is 5.69 Å². The lowest BCUT2D eigenvalue weighted by Crippen LogP contribution is -2.42. The number of aryl methyl sites for hydroxylation is 2. The van der Waals surface area contributed by atoms with Crippen molar-refractivity contribution in [1.29, 1.82) is 0 Å². The molecule has 1 aliphatic rings. The van der Waals surface area contributed by atoms with Crippen LogP contribution in [0.1, 0.15) is 35.6 Å². The molecule has 0 aliphatic heterocycles. The van der Waals surface area contributed by atoms with Crippen molar-refractivity contribution in [1.82, 2.24) is 5.32 Å². The van der Waals surface area contributed by atoms with Crippen molar-refractivity contribution >= 4 is 33.2 Å². The summed E-state index contributed by atoms with van der Waals surface area (Å²) in [4.78, 5) is 13.2. The van der Waals surface area contributed by atoms with Gasteiger partial charge in [0.1, 0.15) is 6.54 Å². The summed E-state index contributed by atoms with van der Waals surface area (Å²) in [6.07, 6.45) is 2.79. The second kappa shape index (κ2) is 9.35. The molecule has 0 heterocycles. The smallest absolute Gasteiger partial charge is 0.264 e. The van der Waals surface area contributed by atoms with Crippen molar-refractivity contribution in [3.63, 3.8) is 0 Å². The third kappa shape index (κ3) is 4.81. The van der Waals surface area contributed by atoms with E-state index in [0.717, 1.165) is 34.7 Å². The lowest BCUT2D eigenvalue weighted by molar-refractivity contribution is -0.120. The number of amides is 1. The Morgan fingerprint density at radius 3 is 2.44 bits per heavy atom. The van der Waals surface area contributed by atoms with Crippen LogP contribution in [-0.2, 0) is 21.2 Å². The summed E-state index contributed by atoms with van der Waals surface area (Å²) in [5.41, 5.74) is 3.67. The number of fused-ring (bicyclic) bond motifs is 1. The number of halogens is 1. The molecule has 0 saturated heterocycles. The van der Waals surface area contributed by atoms with Gasteiger partial charge in [-0.15, -0.1) is 0 Å². The van der Waals surface area contributed by atoms with Crippen molar-refractivity contribution in [3.8, 4) is 0 Å². The van der Waals surface area contributed by atoms with E-state index in [2.05, 4.69) is 11.4 Å². The Kier molecular flexibility index (Phi) is 6.53. The topological polar surface area (TPSA) is 66.5 Å². The molecule has 32 heavy (non-hydrogen) atoms. The summed E-state index contributed by atoms with van der Waals surface area (Å²) >= 11 is 6.00. The van der Waals surface area contributed by atoms with Crippen molar-refractivity contribution in [2.24, 2.45) is 0 Å². The molecule has 1 N–H and O–H groups in total. The Morgan fingerprint density at radius 1 is 1.03 bits per heavy atom. The van der Waals surface area contributed by atoms with Crippen LogP contribution in [0.15, 0.2) is 77.7 Å². The van der Waals surface area contributed by atoms with E-state index in [1.807, 2.05) is 25.1 Å². The minimum atomic E-state index is -3.95. The van der Waals surface area contributed by atoms with E-state index >= 15 is 0 Å². The summed E-state index contributed by atoms with van der Waals surface area (Å²) in [6, 6.07) is 21.0. The van der Waals surface area contributed by atoms with Crippen molar-refractivity contribution in [2.75, 3.05) is 10.8 Å². The van der Waals surface area contributed by atoms with Crippen LogP contribution < -0.4 is 9.62 Å². The largest absolute Gasteiger partial charge is 0.348 e. The molecular weight excluding hydrogens is 444 g/mol. The van der Waals surface area contributed by atoms with Gasteiger partial charge in [0.25, 0.3) is 10.0 Å². The fourth-order valence-electron chi connectivity index (χ4n) is 4.03. The van der Waals surface area contributed by atoms with Crippen molar-refractivity contribution in [2.45, 2.75) is 37.1 Å². The molecule has 0 saturated carbocycles. The summed E-state index contributed by atoms with van der Waals surface area (Å²) < 4.78 is 28.1. The van der Waals surface area contributed by atoms with Gasteiger partial charge < -0.3 is 5.32 Å². The molecule has 1 atom stereocenters. The predicted molar refractivity (Wildman–Crippen MR) is 127 cm³/mol. The molecule has 0 aromatic heterocycles. The number of rotatable bonds is 6. The second-order valence-electron chi connectivity index (χ2n) is 8.01. The Bertz CT molecular complexity index is 1210. The first kappa shape index (κ1) is 22.4. The Labute approximate surface area is 194 Å². The first-order valence-corrected chi connectivity index (χ1v) is 12.4. The second-order valence-corrected chi connectivity index (χ2v) is 10.3. The van der Waals surface area contributed by atoms with Gasteiger partial charge in [-0.3, -0.25) is 9.10 Å². The number of benzene rings is 3. The summed E-state index contributed by atoms with van der Waals surface area (Å²) in [6.45, 7) is 1.57. The molecule has 3 aromatic carbocycles. The zero-order chi connectivity index (χ0) is 22.7. The van der Waals surface area contributed by atoms with Crippen LogP contribution in [0.25, 0.3) is 0 Å². The Hall–Kier alpha value is -2.83. The van der Waals surface area contributed by atoms with Gasteiger partial charge in [-0.25, -0.2) is 8.42 Å². The van der Waals surface area contributed by atoms with Crippen molar-refractivity contribution < 1.29 is 13.2 Å². The molecule has 166 valence electrons. The quantitative estimate of drug-likeness (QED) is 0.551. The number of nitrogens with zero attached hydrogens (tertiary/aromatic N) is 1. The molecule has 0 unspecified atom stereocenters. The van der Waals surface area contributed by atoms with Gasteiger partial charge in [0.2, 0.25) is 5.91 Å². The molecule has 4 rings (SSSR count). The molecule has 5 nitrogen and oxygen atoms in total. The van der Waals surface area contributed by atoms with Crippen LogP contribution in [0, 0.1) is 6.92 Å². The molecule has 0 bridgehead atoms. The van der Waals surface area contributed by atoms with E-state index in [0.29, 0.717) is 10.7 Å². The predicted octanol–water partition coefficient (Wildman–Crippen LogP) is 5.04. The van der Waals surface area contributed by atoms with E-state index in [1.54, 1.807) is 48.5 Å². The molecule has 7 heteroatoms. The summed E-state index contributed by atoms with van der Waals surface area (Å²) in [7, 11) is -3.95. The highest BCUT2D eigenvalue weighted by atomic mass is 35.5. The average Bonchev–Trinajstić information content (AvgIpc) is 2.79. The lowest BCUT2D eigenvalue weighted by atomic mass is 9.88. The fraction of sp³-hybridized carbons (Fsp3) is 0.240. The number of hydrogen-bond donors (Lipinski definition) is 1. The monoisotopic (exact) mass is 468 g/mol. The van der Waals surface area contributed by atoms with Gasteiger partial charge in [0.05, 0.1) is 16.6 Å². The highest BCUT2D eigenvalue weighted by molar-refractivity contribution is 7.92. The van der Waals surface area contributed by atoms with Gasteiger partial charge in [-0.05, 0) is 73.7 Å². The maximum absolute atomic E-state index is 13.5. The van der Waals surface area contributed by atoms with E-state index in [9.17, 15) is 13.2 Å². The number of carbonyl (C=O) groups is 1. The SMILES string of the molecule is Cc1ccc(S(=O)(=O)N(CC(=O)N[C@H]2CCCc3ccccc32)c2ccc(Cl)cc2)cc1.